The first-order chi connectivity index (χ1) is 14.2. The van der Waals surface area contributed by atoms with Crippen molar-refractivity contribution in [3.63, 3.8) is 0 Å². The zero-order chi connectivity index (χ0) is 22.5. The van der Waals surface area contributed by atoms with Gasteiger partial charge in [-0.1, -0.05) is 19.9 Å². The summed E-state index contributed by atoms with van der Waals surface area (Å²) in [7, 11) is 1.60. The fourth-order valence-corrected chi connectivity index (χ4v) is 4.13. The average Bonchev–Trinajstić information content (AvgIpc) is 3.49. The van der Waals surface area contributed by atoms with E-state index in [-0.39, 0.29) is 22.4 Å². The fraction of sp³-hybridized carbons (Fsp3) is 0.500. The van der Waals surface area contributed by atoms with Gasteiger partial charge in [-0.15, -0.1) is 0 Å². The van der Waals surface area contributed by atoms with Gasteiger partial charge >= 0.3 is 0 Å². The Morgan fingerprint density at radius 2 is 1.87 bits per heavy atom. The van der Waals surface area contributed by atoms with Crippen LogP contribution in [0.1, 0.15) is 44.2 Å². The summed E-state index contributed by atoms with van der Waals surface area (Å²) < 4.78 is 44.6. The highest BCUT2D eigenvalue weighted by molar-refractivity contribution is 8.02. The molecule has 0 aliphatic heterocycles. The van der Waals surface area contributed by atoms with Gasteiger partial charge in [0.25, 0.3) is 5.56 Å². The van der Waals surface area contributed by atoms with E-state index in [0.29, 0.717) is 17.1 Å². The zero-order valence-corrected chi connectivity index (χ0v) is 18.9. The molecule has 1 aromatic carbocycles. The molecule has 4 nitrogen and oxygen atoms in total. The lowest BCUT2D eigenvalue weighted by atomic mass is 10.2. The number of benzene rings is 1. The summed E-state index contributed by atoms with van der Waals surface area (Å²) in [6.45, 7) is 6.51. The number of hydrogen-bond acceptors (Lipinski definition) is 4. The second-order valence-corrected chi connectivity index (χ2v) is 8.68. The van der Waals surface area contributed by atoms with Crippen LogP contribution in [-0.2, 0) is 7.05 Å². The van der Waals surface area contributed by atoms with E-state index in [1.165, 1.54) is 22.6 Å². The molecule has 1 aliphatic carbocycles. The number of anilines is 3. The minimum Gasteiger partial charge on any atom is -0.337 e. The molecule has 1 aromatic heterocycles. The smallest absolute Gasteiger partial charge is 0.254 e. The Hall–Kier alpha value is -2.09. The fourth-order valence-electron chi connectivity index (χ4n) is 3.08. The first-order valence-electron chi connectivity index (χ1n) is 10.1. The molecule has 1 atom stereocenters. The largest absolute Gasteiger partial charge is 0.337 e. The molecule has 1 unspecified atom stereocenters. The minimum atomic E-state index is -1.47. The third kappa shape index (κ3) is 5.74. The Labute approximate surface area is 180 Å². The SMILES string of the molecule is CC.Cc1ccc(Nc2c(NSC3(CC(F)CF)CC3)cc(C)c(=O)n2C)c(F)c1. The monoisotopic (exact) mass is 441 g/mol. The molecular formula is C22H30F3N3OS. The van der Waals surface area contributed by atoms with Crippen molar-refractivity contribution >= 4 is 29.1 Å². The van der Waals surface area contributed by atoms with Crippen LogP contribution in [0.2, 0.25) is 0 Å². The van der Waals surface area contributed by atoms with Crippen LogP contribution in [0.5, 0.6) is 0 Å². The summed E-state index contributed by atoms with van der Waals surface area (Å²) in [5, 5.41) is 2.99. The summed E-state index contributed by atoms with van der Waals surface area (Å²) in [6, 6.07) is 6.48. The van der Waals surface area contributed by atoms with Gasteiger partial charge in [-0.25, -0.2) is 13.2 Å². The molecule has 0 amide bonds. The molecule has 2 aromatic rings. The van der Waals surface area contributed by atoms with Gasteiger partial charge in [0.15, 0.2) is 0 Å². The van der Waals surface area contributed by atoms with Crippen LogP contribution in [0.25, 0.3) is 0 Å². The van der Waals surface area contributed by atoms with Crippen molar-refractivity contribution in [3.8, 4) is 0 Å². The maximum absolute atomic E-state index is 14.3. The van der Waals surface area contributed by atoms with Crippen molar-refractivity contribution < 1.29 is 13.2 Å². The third-order valence-electron chi connectivity index (χ3n) is 4.92. The summed E-state index contributed by atoms with van der Waals surface area (Å²) in [5.41, 5.74) is 1.95. The number of halogens is 3. The number of nitrogens with zero attached hydrogens (tertiary/aromatic N) is 1. The molecule has 1 fully saturated rings. The topological polar surface area (TPSA) is 46.1 Å². The summed E-state index contributed by atoms with van der Waals surface area (Å²) in [6.07, 6.45) is 0.260. The van der Waals surface area contributed by atoms with Crippen LogP contribution in [0.3, 0.4) is 0 Å². The highest BCUT2D eigenvalue weighted by atomic mass is 32.2. The molecule has 0 saturated heterocycles. The van der Waals surface area contributed by atoms with E-state index in [4.69, 9.17) is 0 Å². The molecule has 2 N–H and O–H groups in total. The van der Waals surface area contributed by atoms with E-state index in [1.807, 2.05) is 13.8 Å². The van der Waals surface area contributed by atoms with Crippen molar-refractivity contribution in [2.24, 2.45) is 7.05 Å². The lowest BCUT2D eigenvalue weighted by molar-refractivity contribution is 0.243. The Balaban J connectivity index is 0.00000155. The maximum Gasteiger partial charge on any atom is 0.254 e. The van der Waals surface area contributed by atoms with Gasteiger partial charge in [0.1, 0.15) is 24.5 Å². The van der Waals surface area contributed by atoms with Gasteiger partial charge in [0, 0.05) is 17.4 Å². The van der Waals surface area contributed by atoms with Crippen molar-refractivity contribution in [2.75, 3.05) is 16.7 Å². The summed E-state index contributed by atoms with van der Waals surface area (Å²) in [4.78, 5) is 12.4. The molecule has 1 saturated carbocycles. The lowest BCUT2D eigenvalue weighted by Gasteiger charge is -2.21. The van der Waals surface area contributed by atoms with E-state index in [2.05, 4.69) is 10.0 Å². The second kappa shape index (κ2) is 10.3. The van der Waals surface area contributed by atoms with Crippen molar-refractivity contribution in [2.45, 2.75) is 57.9 Å². The number of aromatic nitrogens is 1. The number of alkyl halides is 2. The first kappa shape index (κ1) is 24.2. The number of rotatable bonds is 8. The molecule has 1 aliphatic rings. The normalized spacial score (nSPS) is 15.1. The lowest BCUT2D eigenvalue weighted by Crippen LogP contribution is -2.23. The number of aryl methyl sites for hydroxylation is 2. The van der Waals surface area contributed by atoms with Crippen LogP contribution >= 0.6 is 11.9 Å². The van der Waals surface area contributed by atoms with Crippen molar-refractivity contribution in [1.29, 1.82) is 0 Å². The number of hydrogen-bond donors (Lipinski definition) is 2. The zero-order valence-electron chi connectivity index (χ0n) is 18.1. The van der Waals surface area contributed by atoms with Gasteiger partial charge in [-0.2, -0.15) is 0 Å². The maximum atomic E-state index is 14.3. The molecule has 0 bridgehead atoms. The predicted octanol–water partition coefficient (Wildman–Crippen LogP) is 6.20. The van der Waals surface area contributed by atoms with Crippen LogP contribution in [0, 0.1) is 19.7 Å². The highest BCUT2D eigenvalue weighted by Crippen LogP contribution is 2.52. The molecular weight excluding hydrogens is 411 g/mol. The Kier molecular flexibility index (Phi) is 8.29. The van der Waals surface area contributed by atoms with E-state index in [9.17, 15) is 18.0 Å². The first-order valence-corrected chi connectivity index (χ1v) is 10.9. The van der Waals surface area contributed by atoms with Gasteiger partial charge in [-0.3, -0.25) is 9.36 Å². The molecule has 0 radical (unpaired) electrons. The van der Waals surface area contributed by atoms with E-state index >= 15 is 0 Å². The average molecular weight is 442 g/mol. The highest BCUT2D eigenvalue weighted by Gasteiger charge is 2.45. The number of pyridine rings is 1. The van der Waals surface area contributed by atoms with Gasteiger partial charge in [0.2, 0.25) is 0 Å². The van der Waals surface area contributed by atoms with Crippen LogP contribution in [0.4, 0.5) is 30.4 Å². The van der Waals surface area contributed by atoms with Crippen LogP contribution in [0.15, 0.2) is 29.1 Å². The molecule has 1 heterocycles. The third-order valence-corrected chi connectivity index (χ3v) is 6.25. The molecule has 30 heavy (non-hydrogen) atoms. The molecule has 166 valence electrons. The van der Waals surface area contributed by atoms with E-state index in [1.54, 1.807) is 39.1 Å². The second-order valence-electron chi connectivity index (χ2n) is 7.40. The molecule has 0 spiro atoms. The molecule has 3 rings (SSSR count). The Morgan fingerprint density at radius 1 is 1.20 bits per heavy atom. The standard InChI is InChI=1S/C20H24F3N3OS.C2H6/c1-12-4-5-16(15(23)8-12)24-18-17(9-13(2)19(27)26(18)3)25-28-20(6-7-20)10-14(22)11-21;1-2/h4-5,8-9,14,24-25H,6-7,10-11H2,1-3H3;1-2H3. The summed E-state index contributed by atoms with van der Waals surface area (Å²) in [5.74, 6) is -0.0162. The quantitative estimate of drug-likeness (QED) is 0.479. The van der Waals surface area contributed by atoms with Crippen molar-refractivity contribution in [1.82, 2.24) is 4.57 Å². The van der Waals surface area contributed by atoms with E-state index in [0.717, 1.165) is 18.4 Å². The number of nitrogens with one attached hydrogen (secondary N) is 2. The predicted molar refractivity (Wildman–Crippen MR) is 121 cm³/mol. The molecule has 8 heteroatoms. The van der Waals surface area contributed by atoms with Crippen LogP contribution < -0.4 is 15.6 Å². The van der Waals surface area contributed by atoms with Gasteiger partial charge in [0.05, 0.1) is 11.4 Å². The van der Waals surface area contributed by atoms with E-state index < -0.39 is 18.7 Å². The Morgan fingerprint density at radius 3 is 2.43 bits per heavy atom. The van der Waals surface area contributed by atoms with Gasteiger partial charge < -0.3 is 10.0 Å². The Bertz CT molecular complexity index is 929. The van der Waals surface area contributed by atoms with Crippen LogP contribution in [-0.4, -0.2) is 22.2 Å². The summed E-state index contributed by atoms with van der Waals surface area (Å²) >= 11 is 1.34. The minimum absolute atomic E-state index is 0.140. The van der Waals surface area contributed by atoms with Gasteiger partial charge in [-0.05, 0) is 68.8 Å². The van der Waals surface area contributed by atoms with Crippen molar-refractivity contribution in [3.05, 3.63) is 51.6 Å².